The van der Waals surface area contributed by atoms with E-state index in [1.807, 2.05) is 13.0 Å². The first-order chi connectivity index (χ1) is 12.8. The zero-order chi connectivity index (χ0) is 19.6. The molecule has 0 aliphatic carbocycles. The van der Waals surface area contributed by atoms with Crippen LogP contribution in [0, 0.1) is 6.92 Å². The number of amides is 3. The van der Waals surface area contributed by atoms with E-state index in [9.17, 15) is 14.4 Å². The Balaban J connectivity index is 1.51. The highest BCUT2D eigenvalue weighted by molar-refractivity contribution is 6.21. The maximum atomic E-state index is 12.5. The number of imide groups is 1. The number of hydrogen-bond donors (Lipinski definition) is 1. The number of piperidine rings is 1. The van der Waals surface area contributed by atoms with Gasteiger partial charge in [-0.25, -0.2) is 0 Å². The van der Waals surface area contributed by atoms with Crippen LogP contribution in [0.25, 0.3) is 0 Å². The van der Waals surface area contributed by atoms with Gasteiger partial charge in [-0.15, -0.1) is 0 Å². The highest BCUT2D eigenvalue weighted by Crippen LogP contribution is 2.24. The largest absolute Gasteiger partial charge is 0.354 e. The standard InChI is InChI=1S/C21H29N3O3/c1-15-7-8-16-17(13-15)20(27)24(19(16)26)12-9-18(25)22-14-21(2,3)23-10-5-4-6-11-23/h7-8,13H,4-6,9-12,14H2,1-3H3,(H,22,25). The quantitative estimate of drug-likeness (QED) is 0.780. The van der Waals surface area contributed by atoms with Gasteiger partial charge in [-0.05, 0) is 58.8 Å². The fourth-order valence-corrected chi connectivity index (χ4v) is 3.84. The van der Waals surface area contributed by atoms with E-state index in [1.165, 1.54) is 24.2 Å². The molecule has 1 saturated heterocycles. The predicted octanol–water partition coefficient (Wildman–Crippen LogP) is 2.36. The van der Waals surface area contributed by atoms with Crippen molar-refractivity contribution in [2.45, 2.75) is 52.0 Å². The fourth-order valence-electron chi connectivity index (χ4n) is 3.84. The molecule has 1 fully saturated rings. The van der Waals surface area contributed by atoms with Crippen LogP contribution in [0.15, 0.2) is 18.2 Å². The van der Waals surface area contributed by atoms with Crippen LogP contribution < -0.4 is 5.32 Å². The van der Waals surface area contributed by atoms with Crippen LogP contribution in [0.5, 0.6) is 0 Å². The van der Waals surface area contributed by atoms with E-state index < -0.39 is 0 Å². The summed E-state index contributed by atoms with van der Waals surface area (Å²) < 4.78 is 0. The lowest BCUT2D eigenvalue weighted by Gasteiger charge is -2.41. The SMILES string of the molecule is Cc1ccc2c(c1)C(=O)N(CCC(=O)NCC(C)(C)N1CCCCC1)C2=O. The van der Waals surface area contributed by atoms with Crippen LogP contribution in [0.1, 0.15) is 65.8 Å². The van der Waals surface area contributed by atoms with E-state index in [0.717, 1.165) is 18.7 Å². The molecule has 0 unspecified atom stereocenters. The van der Waals surface area contributed by atoms with E-state index >= 15 is 0 Å². The Labute approximate surface area is 160 Å². The number of fused-ring (bicyclic) bond motifs is 1. The van der Waals surface area contributed by atoms with Gasteiger partial charge >= 0.3 is 0 Å². The monoisotopic (exact) mass is 371 g/mol. The van der Waals surface area contributed by atoms with Crippen molar-refractivity contribution in [1.29, 1.82) is 0 Å². The maximum Gasteiger partial charge on any atom is 0.261 e. The molecule has 0 atom stereocenters. The molecule has 6 nitrogen and oxygen atoms in total. The van der Waals surface area contributed by atoms with Gasteiger partial charge in [-0.2, -0.15) is 0 Å². The van der Waals surface area contributed by atoms with E-state index in [4.69, 9.17) is 0 Å². The summed E-state index contributed by atoms with van der Waals surface area (Å²) in [4.78, 5) is 40.8. The molecule has 1 aromatic rings. The molecule has 2 aliphatic rings. The molecule has 1 aromatic carbocycles. The molecule has 0 saturated carbocycles. The normalized spacial score (nSPS) is 18.0. The van der Waals surface area contributed by atoms with Crippen molar-refractivity contribution >= 4 is 17.7 Å². The van der Waals surface area contributed by atoms with E-state index in [2.05, 4.69) is 24.1 Å². The topological polar surface area (TPSA) is 69.7 Å². The second kappa shape index (κ2) is 7.80. The third-order valence-corrected chi connectivity index (χ3v) is 5.62. The Bertz CT molecular complexity index is 751. The summed E-state index contributed by atoms with van der Waals surface area (Å²) in [5.74, 6) is -0.746. The fraction of sp³-hybridized carbons (Fsp3) is 0.571. The number of nitrogens with zero attached hydrogens (tertiary/aromatic N) is 2. The smallest absolute Gasteiger partial charge is 0.261 e. The minimum atomic E-state index is -0.309. The Kier molecular flexibility index (Phi) is 5.65. The zero-order valence-electron chi connectivity index (χ0n) is 16.5. The van der Waals surface area contributed by atoms with Gasteiger partial charge in [0.15, 0.2) is 0 Å². The number of hydrogen-bond acceptors (Lipinski definition) is 4. The summed E-state index contributed by atoms with van der Waals surface area (Å²) in [6.45, 7) is 8.98. The number of benzene rings is 1. The van der Waals surface area contributed by atoms with Crippen molar-refractivity contribution in [3.05, 3.63) is 34.9 Å². The van der Waals surface area contributed by atoms with Crippen molar-refractivity contribution in [3.63, 3.8) is 0 Å². The average molecular weight is 371 g/mol. The third-order valence-electron chi connectivity index (χ3n) is 5.62. The van der Waals surface area contributed by atoms with E-state index in [0.29, 0.717) is 17.7 Å². The minimum Gasteiger partial charge on any atom is -0.354 e. The first-order valence-corrected chi connectivity index (χ1v) is 9.78. The lowest BCUT2D eigenvalue weighted by atomic mass is 9.98. The van der Waals surface area contributed by atoms with Crippen LogP contribution in [0.2, 0.25) is 0 Å². The van der Waals surface area contributed by atoms with Gasteiger partial charge in [0.1, 0.15) is 0 Å². The summed E-state index contributed by atoms with van der Waals surface area (Å²) in [6, 6.07) is 5.24. The van der Waals surface area contributed by atoms with Crippen LogP contribution in [0.4, 0.5) is 0 Å². The van der Waals surface area contributed by atoms with E-state index in [1.54, 1.807) is 12.1 Å². The molecule has 0 spiro atoms. The predicted molar refractivity (Wildman–Crippen MR) is 104 cm³/mol. The molecule has 3 rings (SSSR count). The number of nitrogens with one attached hydrogen (secondary N) is 1. The lowest BCUT2D eigenvalue weighted by Crippen LogP contribution is -2.53. The maximum absolute atomic E-state index is 12.5. The number of likely N-dealkylation sites (tertiary alicyclic amines) is 1. The molecule has 0 bridgehead atoms. The highest BCUT2D eigenvalue weighted by atomic mass is 16.2. The Hall–Kier alpha value is -2.21. The van der Waals surface area contributed by atoms with E-state index in [-0.39, 0.29) is 36.2 Å². The third kappa shape index (κ3) is 4.21. The van der Waals surface area contributed by atoms with Gasteiger partial charge < -0.3 is 5.32 Å². The molecular formula is C21H29N3O3. The van der Waals surface area contributed by atoms with Gasteiger partial charge in [-0.1, -0.05) is 18.1 Å². The van der Waals surface area contributed by atoms with Gasteiger partial charge in [0.05, 0.1) is 11.1 Å². The first-order valence-electron chi connectivity index (χ1n) is 9.78. The summed E-state index contributed by atoms with van der Waals surface area (Å²) >= 11 is 0. The molecule has 0 radical (unpaired) electrons. The molecule has 1 N–H and O–H groups in total. The van der Waals surface area contributed by atoms with Crippen molar-refractivity contribution in [2.75, 3.05) is 26.2 Å². The number of carbonyl (C=O) groups is 3. The summed E-state index contributed by atoms with van der Waals surface area (Å²) in [6.07, 6.45) is 3.81. The molecule has 0 aromatic heterocycles. The van der Waals surface area contributed by atoms with Crippen molar-refractivity contribution in [1.82, 2.24) is 15.1 Å². The molecule has 6 heteroatoms. The van der Waals surface area contributed by atoms with Crippen LogP contribution >= 0.6 is 0 Å². The molecule has 2 heterocycles. The summed E-state index contributed by atoms with van der Waals surface area (Å²) in [5.41, 5.74) is 1.71. The summed E-state index contributed by atoms with van der Waals surface area (Å²) in [5, 5.41) is 2.97. The average Bonchev–Trinajstić information content (AvgIpc) is 2.89. The minimum absolute atomic E-state index is 0.0941. The Morgan fingerprint density at radius 1 is 1.07 bits per heavy atom. The van der Waals surface area contributed by atoms with Crippen molar-refractivity contribution < 1.29 is 14.4 Å². The molecule has 2 aliphatic heterocycles. The van der Waals surface area contributed by atoms with Crippen molar-refractivity contribution in [2.24, 2.45) is 0 Å². The van der Waals surface area contributed by atoms with Gasteiger partial charge in [0, 0.05) is 25.0 Å². The molecule has 3 amide bonds. The summed E-state index contributed by atoms with van der Waals surface area (Å²) in [7, 11) is 0. The number of rotatable bonds is 6. The van der Waals surface area contributed by atoms with Crippen LogP contribution in [-0.2, 0) is 4.79 Å². The number of carbonyl (C=O) groups excluding carboxylic acids is 3. The molecular weight excluding hydrogens is 342 g/mol. The Morgan fingerprint density at radius 2 is 1.74 bits per heavy atom. The lowest BCUT2D eigenvalue weighted by molar-refractivity contribution is -0.121. The zero-order valence-corrected chi connectivity index (χ0v) is 16.5. The van der Waals surface area contributed by atoms with Gasteiger partial charge in [0.2, 0.25) is 5.91 Å². The number of aryl methyl sites for hydroxylation is 1. The molecule has 146 valence electrons. The first kappa shape index (κ1) is 19.5. The second-order valence-corrected chi connectivity index (χ2v) is 8.20. The Morgan fingerprint density at radius 3 is 2.44 bits per heavy atom. The van der Waals surface area contributed by atoms with Gasteiger partial charge in [0.25, 0.3) is 11.8 Å². The highest BCUT2D eigenvalue weighted by Gasteiger charge is 2.35. The molecule has 27 heavy (non-hydrogen) atoms. The van der Waals surface area contributed by atoms with Crippen LogP contribution in [-0.4, -0.2) is 59.2 Å². The van der Waals surface area contributed by atoms with Crippen LogP contribution in [0.3, 0.4) is 0 Å². The van der Waals surface area contributed by atoms with Crippen molar-refractivity contribution in [3.8, 4) is 0 Å². The van der Waals surface area contributed by atoms with Gasteiger partial charge in [-0.3, -0.25) is 24.2 Å². The second-order valence-electron chi connectivity index (χ2n) is 8.20.